The van der Waals surface area contributed by atoms with Gasteiger partial charge in [0.05, 0.1) is 18.2 Å². The van der Waals surface area contributed by atoms with Crippen LogP contribution >= 0.6 is 0 Å². The van der Waals surface area contributed by atoms with E-state index in [2.05, 4.69) is 5.10 Å². The summed E-state index contributed by atoms with van der Waals surface area (Å²) in [6.45, 7) is 0.391. The second kappa shape index (κ2) is 6.77. The molecule has 7 nitrogen and oxygen atoms in total. The summed E-state index contributed by atoms with van der Waals surface area (Å²) in [5, 5.41) is 13.7. The summed E-state index contributed by atoms with van der Waals surface area (Å²) in [6, 6.07) is 4.08. The first-order valence-corrected chi connectivity index (χ1v) is 9.05. The summed E-state index contributed by atoms with van der Waals surface area (Å²) in [5.41, 5.74) is -0.987. The first-order chi connectivity index (χ1) is 13.2. The first-order valence-electron chi connectivity index (χ1n) is 9.05. The Balaban J connectivity index is 1.61. The molecule has 1 aromatic heterocycles. The number of carbonyl (C=O) groups is 1. The number of aryl methyl sites for hydroxylation is 1. The van der Waals surface area contributed by atoms with E-state index in [9.17, 15) is 27.9 Å². The molecule has 0 aliphatic carbocycles. The third-order valence-corrected chi connectivity index (χ3v) is 5.18. The number of aromatic nitrogens is 3. The molecule has 1 aromatic carbocycles. The molecule has 1 fully saturated rings. The zero-order chi connectivity index (χ0) is 20.1. The van der Waals surface area contributed by atoms with Crippen LogP contribution in [0.4, 0.5) is 13.2 Å². The van der Waals surface area contributed by atoms with E-state index in [-0.39, 0.29) is 25.5 Å². The molecule has 4 rings (SSSR count). The number of rotatable bonds is 3. The Morgan fingerprint density at radius 1 is 1.29 bits per heavy atom. The maximum absolute atomic E-state index is 12.9. The topological polar surface area (TPSA) is 80.4 Å². The lowest BCUT2D eigenvalue weighted by atomic mass is 10.0. The van der Waals surface area contributed by atoms with Crippen molar-refractivity contribution in [2.24, 2.45) is 0 Å². The van der Waals surface area contributed by atoms with Gasteiger partial charge >= 0.3 is 11.9 Å². The minimum Gasteiger partial charge on any atom is -0.389 e. The van der Waals surface area contributed by atoms with Crippen LogP contribution in [0.25, 0.3) is 0 Å². The summed E-state index contributed by atoms with van der Waals surface area (Å²) in [7, 11) is 0. The van der Waals surface area contributed by atoms with Crippen molar-refractivity contribution in [1.29, 1.82) is 0 Å². The molecule has 2 aromatic rings. The minimum atomic E-state index is -4.46. The van der Waals surface area contributed by atoms with E-state index in [1.54, 1.807) is 0 Å². The van der Waals surface area contributed by atoms with Gasteiger partial charge in [0.1, 0.15) is 11.9 Å². The number of β-amino-alcohol motifs (C(OH)–C–C–N with tert-alkyl or cyclic N) is 1. The van der Waals surface area contributed by atoms with Crippen LogP contribution in [0, 0.1) is 0 Å². The highest BCUT2D eigenvalue weighted by Crippen LogP contribution is 2.30. The number of hydrogen-bond acceptors (Lipinski definition) is 4. The number of nitrogens with zero attached hydrogens (tertiary/aromatic N) is 4. The molecule has 1 atom stereocenters. The third kappa shape index (κ3) is 3.32. The molecule has 1 saturated heterocycles. The van der Waals surface area contributed by atoms with E-state index in [0.717, 1.165) is 16.8 Å². The van der Waals surface area contributed by atoms with Crippen LogP contribution in [0.2, 0.25) is 0 Å². The summed E-state index contributed by atoms with van der Waals surface area (Å²) in [6.07, 6.45) is -3.29. The Morgan fingerprint density at radius 2 is 2.04 bits per heavy atom. The van der Waals surface area contributed by atoms with Gasteiger partial charge in [-0.05, 0) is 30.5 Å². The van der Waals surface area contributed by atoms with Crippen molar-refractivity contribution in [2.75, 3.05) is 13.1 Å². The maximum Gasteiger partial charge on any atom is 0.416 e. The SMILES string of the molecule is O=C([C@@H]1CCCc2nn(Cc3cccc(C(F)(F)F)c3)c(=O)n21)N1CC(O)C1. The van der Waals surface area contributed by atoms with Gasteiger partial charge in [-0.2, -0.15) is 18.3 Å². The number of likely N-dealkylation sites (tertiary alicyclic amines) is 1. The highest BCUT2D eigenvalue weighted by molar-refractivity contribution is 5.81. The van der Waals surface area contributed by atoms with Crippen LogP contribution in [-0.2, 0) is 23.9 Å². The monoisotopic (exact) mass is 396 g/mol. The number of aliphatic hydroxyl groups is 1. The van der Waals surface area contributed by atoms with Crippen molar-refractivity contribution in [3.05, 3.63) is 51.7 Å². The van der Waals surface area contributed by atoms with Gasteiger partial charge in [-0.15, -0.1) is 0 Å². The van der Waals surface area contributed by atoms with Gasteiger partial charge in [-0.3, -0.25) is 9.36 Å². The molecule has 0 radical (unpaired) electrons. The van der Waals surface area contributed by atoms with Crippen LogP contribution in [0.15, 0.2) is 29.1 Å². The molecule has 0 saturated carbocycles. The molecule has 1 amide bonds. The van der Waals surface area contributed by atoms with Crippen molar-refractivity contribution in [3.8, 4) is 0 Å². The van der Waals surface area contributed by atoms with Gasteiger partial charge in [-0.1, -0.05) is 12.1 Å². The first kappa shape index (κ1) is 18.7. The Morgan fingerprint density at radius 3 is 2.71 bits per heavy atom. The Bertz CT molecular complexity index is 960. The Kier molecular flexibility index (Phi) is 4.53. The predicted molar refractivity (Wildman–Crippen MR) is 91.6 cm³/mol. The summed E-state index contributed by atoms with van der Waals surface area (Å²) in [4.78, 5) is 27.0. The molecule has 0 unspecified atom stereocenters. The molecule has 150 valence electrons. The molecule has 2 aliphatic heterocycles. The fourth-order valence-electron chi connectivity index (χ4n) is 3.73. The highest BCUT2D eigenvalue weighted by atomic mass is 19.4. The third-order valence-electron chi connectivity index (χ3n) is 5.18. The smallest absolute Gasteiger partial charge is 0.389 e. The van der Waals surface area contributed by atoms with Gasteiger partial charge in [-0.25, -0.2) is 9.48 Å². The Labute approximate surface area is 158 Å². The number of carbonyl (C=O) groups excluding carboxylic acids is 1. The quantitative estimate of drug-likeness (QED) is 0.845. The normalized spacial score (nSPS) is 20.0. The number of hydrogen-bond donors (Lipinski definition) is 1. The molecular weight excluding hydrogens is 377 g/mol. The maximum atomic E-state index is 12.9. The standard InChI is InChI=1S/C18H19F3N4O3/c19-18(20,21)12-4-1-3-11(7-12)8-24-17(28)25-14(5-2-6-15(25)22-24)16(27)23-9-13(26)10-23/h1,3-4,7,13-14,26H,2,5-6,8-10H2/t14-/m0/s1. The second-order valence-electron chi connectivity index (χ2n) is 7.23. The van der Waals surface area contributed by atoms with Crippen LogP contribution in [0.3, 0.4) is 0 Å². The summed E-state index contributed by atoms with van der Waals surface area (Å²) >= 11 is 0. The van der Waals surface area contributed by atoms with Gasteiger partial charge < -0.3 is 10.0 Å². The number of amides is 1. The van der Waals surface area contributed by atoms with E-state index in [1.165, 1.54) is 21.6 Å². The highest BCUT2D eigenvalue weighted by Gasteiger charge is 2.38. The molecule has 0 bridgehead atoms. The van der Waals surface area contributed by atoms with Gasteiger partial charge in [0.25, 0.3) is 0 Å². The van der Waals surface area contributed by atoms with Crippen LogP contribution in [0.1, 0.15) is 35.8 Å². The van der Waals surface area contributed by atoms with Gasteiger partial charge in [0, 0.05) is 19.5 Å². The van der Waals surface area contributed by atoms with Gasteiger partial charge in [0.2, 0.25) is 5.91 Å². The van der Waals surface area contributed by atoms with Crippen molar-refractivity contribution in [3.63, 3.8) is 0 Å². The number of benzene rings is 1. The van der Waals surface area contributed by atoms with Crippen LogP contribution in [-0.4, -0.2) is 49.5 Å². The summed E-state index contributed by atoms with van der Waals surface area (Å²) < 4.78 is 41.2. The van der Waals surface area contributed by atoms with E-state index < -0.39 is 29.6 Å². The zero-order valence-electron chi connectivity index (χ0n) is 14.9. The van der Waals surface area contributed by atoms with E-state index in [4.69, 9.17) is 0 Å². The zero-order valence-corrected chi connectivity index (χ0v) is 14.9. The van der Waals surface area contributed by atoms with Crippen molar-refractivity contribution >= 4 is 5.91 Å². The number of halogens is 3. The fraction of sp³-hybridized carbons (Fsp3) is 0.500. The van der Waals surface area contributed by atoms with Crippen molar-refractivity contribution in [1.82, 2.24) is 19.2 Å². The second-order valence-corrected chi connectivity index (χ2v) is 7.23. The number of aliphatic hydroxyl groups excluding tert-OH is 1. The molecule has 3 heterocycles. The number of alkyl halides is 3. The molecular formula is C18H19F3N4O3. The van der Waals surface area contributed by atoms with E-state index in [1.807, 2.05) is 0 Å². The largest absolute Gasteiger partial charge is 0.416 e. The predicted octanol–water partition coefficient (Wildman–Crippen LogP) is 1.19. The van der Waals surface area contributed by atoms with E-state index >= 15 is 0 Å². The van der Waals surface area contributed by atoms with Crippen LogP contribution < -0.4 is 5.69 Å². The molecule has 0 spiro atoms. The van der Waals surface area contributed by atoms with E-state index in [0.29, 0.717) is 30.7 Å². The fourth-order valence-corrected chi connectivity index (χ4v) is 3.73. The van der Waals surface area contributed by atoms with Crippen molar-refractivity contribution < 1.29 is 23.1 Å². The molecule has 28 heavy (non-hydrogen) atoms. The average Bonchev–Trinajstić information content (AvgIpc) is 2.94. The molecule has 1 N–H and O–H groups in total. The lowest BCUT2D eigenvalue weighted by Gasteiger charge is -2.39. The average molecular weight is 396 g/mol. The summed E-state index contributed by atoms with van der Waals surface area (Å²) in [5.74, 6) is 0.231. The minimum absolute atomic E-state index is 0.105. The Hall–Kier alpha value is -2.62. The lowest BCUT2D eigenvalue weighted by Crippen LogP contribution is -2.56. The number of fused-ring (bicyclic) bond motifs is 1. The lowest BCUT2D eigenvalue weighted by molar-refractivity contribution is -0.145. The van der Waals surface area contributed by atoms with Crippen LogP contribution in [0.5, 0.6) is 0 Å². The molecule has 2 aliphatic rings. The van der Waals surface area contributed by atoms with Crippen molar-refractivity contribution in [2.45, 2.75) is 44.1 Å². The van der Waals surface area contributed by atoms with Gasteiger partial charge in [0.15, 0.2) is 0 Å². The molecule has 10 heteroatoms.